The van der Waals surface area contributed by atoms with Crippen LogP contribution >= 0.6 is 0 Å². The summed E-state index contributed by atoms with van der Waals surface area (Å²) >= 11 is 0. The van der Waals surface area contributed by atoms with Gasteiger partial charge >= 0.3 is 0 Å². The van der Waals surface area contributed by atoms with E-state index in [9.17, 15) is 13.2 Å². The number of hydrogen-bond donors (Lipinski definition) is 0. The molecule has 92 valence electrons. The molecule has 0 aromatic heterocycles. The summed E-state index contributed by atoms with van der Waals surface area (Å²) in [5.41, 5.74) is 0. The molecule has 2 unspecified atom stereocenters. The first-order valence-electron chi connectivity index (χ1n) is 5.53. The Morgan fingerprint density at radius 2 is 2.06 bits per heavy atom. The molecule has 2 aliphatic rings. The van der Waals surface area contributed by atoms with Crippen molar-refractivity contribution in [1.82, 2.24) is 4.90 Å². The molecule has 6 heteroatoms. The molecule has 0 aromatic carbocycles. The molecule has 0 aliphatic carbocycles. The first-order valence-corrected chi connectivity index (χ1v) is 7.35. The average Bonchev–Trinajstić information content (AvgIpc) is 2.49. The van der Waals surface area contributed by atoms with Crippen LogP contribution in [0.5, 0.6) is 0 Å². The Hall–Kier alpha value is -0.620. The molecule has 1 amide bonds. The molecule has 16 heavy (non-hydrogen) atoms. The van der Waals surface area contributed by atoms with Crippen molar-refractivity contribution in [1.29, 1.82) is 0 Å². The summed E-state index contributed by atoms with van der Waals surface area (Å²) in [5.74, 6) is 0.0350. The number of amides is 1. The zero-order chi connectivity index (χ0) is 11.9. The second kappa shape index (κ2) is 4.00. The third-order valence-corrected chi connectivity index (χ3v) is 4.80. The average molecular weight is 247 g/mol. The Balaban J connectivity index is 2.19. The van der Waals surface area contributed by atoms with Crippen LogP contribution in [0.25, 0.3) is 0 Å². The molecule has 0 radical (unpaired) electrons. The zero-order valence-corrected chi connectivity index (χ0v) is 10.4. The highest BCUT2D eigenvalue weighted by Crippen LogP contribution is 2.25. The normalized spacial score (nSPS) is 32.8. The summed E-state index contributed by atoms with van der Waals surface area (Å²) in [7, 11) is -3.04. The van der Waals surface area contributed by atoms with Gasteiger partial charge in [-0.2, -0.15) is 0 Å². The second-order valence-electron chi connectivity index (χ2n) is 4.74. The Bertz CT molecular complexity index is 390. The van der Waals surface area contributed by atoms with Gasteiger partial charge < -0.3 is 9.64 Å². The summed E-state index contributed by atoms with van der Waals surface area (Å²) in [5, 5.41) is 0. The SMILES string of the molecule is CC(C)C(=O)N1CCOC2CS(=O)(=O)CC21. The monoisotopic (exact) mass is 247 g/mol. The second-order valence-corrected chi connectivity index (χ2v) is 6.89. The van der Waals surface area contributed by atoms with Crippen LogP contribution in [0.4, 0.5) is 0 Å². The van der Waals surface area contributed by atoms with Crippen LogP contribution in [0.15, 0.2) is 0 Å². The van der Waals surface area contributed by atoms with Crippen molar-refractivity contribution >= 4 is 15.7 Å². The quantitative estimate of drug-likeness (QED) is 0.636. The fraction of sp³-hybridized carbons (Fsp3) is 0.900. The van der Waals surface area contributed by atoms with E-state index in [-0.39, 0.29) is 35.5 Å². The molecule has 5 nitrogen and oxygen atoms in total. The number of morpholine rings is 1. The van der Waals surface area contributed by atoms with Gasteiger partial charge in [-0.15, -0.1) is 0 Å². The van der Waals surface area contributed by atoms with Crippen LogP contribution in [0, 0.1) is 5.92 Å². The van der Waals surface area contributed by atoms with Crippen LogP contribution in [0.1, 0.15) is 13.8 Å². The molecule has 0 aromatic rings. The van der Waals surface area contributed by atoms with Gasteiger partial charge in [0.05, 0.1) is 30.3 Å². The molecule has 0 saturated carbocycles. The van der Waals surface area contributed by atoms with E-state index in [4.69, 9.17) is 4.74 Å². The van der Waals surface area contributed by atoms with Crippen LogP contribution in [0.2, 0.25) is 0 Å². The summed E-state index contributed by atoms with van der Waals surface area (Å²) in [6, 6.07) is -0.270. The van der Waals surface area contributed by atoms with Crippen molar-refractivity contribution in [2.45, 2.75) is 26.0 Å². The topological polar surface area (TPSA) is 63.7 Å². The lowest BCUT2D eigenvalue weighted by Gasteiger charge is -2.37. The van der Waals surface area contributed by atoms with Crippen LogP contribution in [-0.4, -0.2) is 56.0 Å². The van der Waals surface area contributed by atoms with E-state index >= 15 is 0 Å². The van der Waals surface area contributed by atoms with Crippen molar-refractivity contribution in [2.75, 3.05) is 24.7 Å². The number of carbonyl (C=O) groups excluding carboxylic acids is 1. The first-order chi connectivity index (χ1) is 7.41. The molecular weight excluding hydrogens is 230 g/mol. The van der Waals surface area contributed by atoms with E-state index in [0.29, 0.717) is 13.2 Å². The predicted molar refractivity (Wildman–Crippen MR) is 58.7 cm³/mol. The molecule has 0 spiro atoms. The number of rotatable bonds is 1. The van der Waals surface area contributed by atoms with E-state index in [1.165, 1.54) is 0 Å². The van der Waals surface area contributed by atoms with Gasteiger partial charge in [-0.3, -0.25) is 4.79 Å². The van der Waals surface area contributed by atoms with Crippen LogP contribution < -0.4 is 0 Å². The van der Waals surface area contributed by atoms with E-state index in [1.807, 2.05) is 13.8 Å². The van der Waals surface area contributed by atoms with Gasteiger partial charge in [0.2, 0.25) is 5.91 Å². The van der Waals surface area contributed by atoms with Crippen molar-refractivity contribution in [3.8, 4) is 0 Å². The molecule has 2 aliphatic heterocycles. The van der Waals surface area contributed by atoms with Crippen LogP contribution in [0.3, 0.4) is 0 Å². The summed E-state index contributed by atoms with van der Waals surface area (Å²) in [6.45, 7) is 4.61. The molecule has 0 bridgehead atoms. The van der Waals surface area contributed by atoms with Gasteiger partial charge in [-0.05, 0) is 0 Å². The minimum Gasteiger partial charge on any atom is -0.373 e. The molecule has 2 atom stereocenters. The van der Waals surface area contributed by atoms with Crippen LogP contribution in [-0.2, 0) is 19.4 Å². The Labute approximate surface area is 95.7 Å². The molecule has 2 rings (SSSR count). The van der Waals surface area contributed by atoms with Crippen molar-refractivity contribution in [3.05, 3.63) is 0 Å². The third-order valence-electron chi connectivity index (χ3n) is 3.11. The van der Waals surface area contributed by atoms with Gasteiger partial charge in [-0.1, -0.05) is 13.8 Å². The largest absolute Gasteiger partial charge is 0.373 e. The molecular formula is C10H17NO4S. The first kappa shape index (κ1) is 11.9. The number of nitrogens with zero attached hydrogens (tertiary/aromatic N) is 1. The highest BCUT2D eigenvalue weighted by Gasteiger charge is 2.45. The predicted octanol–water partition coefficient (Wildman–Crippen LogP) is -0.333. The highest BCUT2D eigenvalue weighted by molar-refractivity contribution is 7.91. The molecule has 2 fully saturated rings. The number of sulfone groups is 1. The summed E-state index contributed by atoms with van der Waals surface area (Å²) < 4.78 is 28.5. The van der Waals surface area contributed by atoms with Crippen molar-refractivity contribution in [2.24, 2.45) is 5.92 Å². The maximum absolute atomic E-state index is 11.9. The lowest BCUT2D eigenvalue weighted by molar-refractivity contribution is -0.146. The number of fused-ring (bicyclic) bond motifs is 1. The van der Waals surface area contributed by atoms with Gasteiger partial charge in [0.15, 0.2) is 9.84 Å². The Morgan fingerprint density at radius 1 is 1.38 bits per heavy atom. The van der Waals surface area contributed by atoms with Crippen molar-refractivity contribution in [3.63, 3.8) is 0 Å². The Morgan fingerprint density at radius 3 is 2.69 bits per heavy atom. The van der Waals surface area contributed by atoms with E-state index in [1.54, 1.807) is 4.90 Å². The Kier molecular flexibility index (Phi) is 2.96. The smallest absolute Gasteiger partial charge is 0.225 e. The lowest BCUT2D eigenvalue weighted by Crippen LogP contribution is -2.54. The van der Waals surface area contributed by atoms with E-state index in [0.717, 1.165) is 0 Å². The van der Waals surface area contributed by atoms with Gasteiger partial charge in [0.1, 0.15) is 0 Å². The van der Waals surface area contributed by atoms with E-state index in [2.05, 4.69) is 0 Å². The number of ether oxygens (including phenoxy) is 1. The highest BCUT2D eigenvalue weighted by atomic mass is 32.2. The summed E-state index contributed by atoms with van der Waals surface area (Å²) in [4.78, 5) is 13.6. The zero-order valence-electron chi connectivity index (χ0n) is 9.55. The fourth-order valence-electron chi connectivity index (χ4n) is 2.32. The minimum atomic E-state index is -3.04. The molecule has 2 saturated heterocycles. The van der Waals surface area contributed by atoms with Crippen molar-refractivity contribution < 1.29 is 17.9 Å². The third kappa shape index (κ3) is 2.08. The fourth-order valence-corrected chi connectivity index (χ4v) is 4.19. The number of hydrogen-bond acceptors (Lipinski definition) is 4. The molecule has 0 N–H and O–H groups in total. The summed E-state index contributed by atoms with van der Waals surface area (Å²) in [6.07, 6.45) is -0.318. The van der Waals surface area contributed by atoms with E-state index < -0.39 is 9.84 Å². The number of carbonyl (C=O) groups is 1. The maximum Gasteiger partial charge on any atom is 0.225 e. The van der Waals surface area contributed by atoms with Gasteiger partial charge in [0, 0.05) is 12.5 Å². The lowest BCUT2D eigenvalue weighted by atomic mass is 10.1. The minimum absolute atomic E-state index is 0.0235. The van der Waals surface area contributed by atoms with Gasteiger partial charge in [-0.25, -0.2) is 8.42 Å². The maximum atomic E-state index is 11.9. The standard InChI is InChI=1S/C10H17NO4S/c1-7(2)10(12)11-3-4-15-9-6-16(13,14)5-8(9)11/h7-9H,3-6H2,1-2H3. The van der Waals surface area contributed by atoms with Gasteiger partial charge in [0.25, 0.3) is 0 Å². The molecule has 2 heterocycles.